The summed E-state index contributed by atoms with van der Waals surface area (Å²) in [7, 11) is 0. The van der Waals surface area contributed by atoms with Crippen LogP contribution in [0.1, 0.15) is 12.0 Å². The molecule has 0 unspecified atom stereocenters. The smallest absolute Gasteiger partial charge is 0.293 e. The number of amides is 1. The van der Waals surface area contributed by atoms with Crippen LogP contribution in [-0.2, 0) is 11.2 Å². The summed E-state index contributed by atoms with van der Waals surface area (Å²) in [4.78, 5) is 24.6. The van der Waals surface area contributed by atoms with Crippen molar-refractivity contribution >= 4 is 17.3 Å². The lowest BCUT2D eigenvalue weighted by atomic mass is 10.1. The third-order valence-corrected chi connectivity index (χ3v) is 3.80. The van der Waals surface area contributed by atoms with Crippen molar-refractivity contribution in [1.29, 1.82) is 0 Å². The highest BCUT2D eigenvalue weighted by Crippen LogP contribution is 2.37. The molecule has 6 nitrogen and oxygen atoms in total. The van der Waals surface area contributed by atoms with Gasteiger partial charge in [-0.3, -0.25) is 14.9 Å². The Labute approximate surface area is 133 Å². The van der Waals surface area contributed by atoms with Crippen molar-refractivity contribution in [3.8, 4) is 5.75 Å². The normalized spacial score (nSPS) is 12.8. The molecule has 1 heterocycles. The molecule has 0 bridgehead atoms. The number of ether oxygens (including phenoxy) is 1. The van der Waals surface area contributed by atoms with E-state index >= 15 is 0 Å². The predicted molar refractivity (Wildman–Crippen MR) is 85.7 cm³/mol. The molecule has 0 saturated carbocycles. The molecule has 0 fully saturated rings. The molecular formula is C17H16N2O4. The minimum atomic E-state index is -0.440. The van der Waals surface area contributed by atoms with Crippen LogP contribution in [0, 0.1) is 10.1 Å². The van der Waals surface area contributed by atoms with Gasteiger partial charge in [0.1, 0.15) is 11.4 Å². The van der Waals surface area contributed by atoms with Crippen LogP contribution in [-0.4, -0.2) is 24.0 Å². The standard InChI is InChI=1S/C17H16N2O4/c20-16(10-12-23-14-6-2-1-3-7-14)18-11-9-13-5-4-8-15(17(13)18)19(21)22/h1-8H,9-12H2. The zero-order chi connectivity index (χ0) is 16.2. The molecule has 0 saturated heterocycles. The van der Waals surface area contributed by atoms with Crippen LogP contribution >= 0.6 is 0 Å². The van der Waals surface area contributed by atoms with Crippen LogP contribution in [0.4, 0.5) is 11.4 Å². The van der Waals surface area contributed by atoms with Crippen LogP contribution in [0.2, 0.25) is 0 Å². The number of para-hydroxylation sites is 2. The average molecular weight is 312 g/mol. The van der Waals surface area contributed by atoms with Crippen LogP contribution in [0.3, 0.4) is 0 Å². The summed E-state index contributed by atoms with van der Waals surface area (Å²) >= 11 is 0. The number of hydrogen-bond acceptors (Lipinski definition) is 4. The predicted octanol–water partition coefficient (Wildman–Crippen LogP) is 2.95. The molecule has 0 aliphatic carbocycles. The minimum Gasteiger partial charge on any atom is -0.493 e. The van der Waals surface area contributed by atoms with Gasteiger partial charge in [-0.2, -0.15) is 0 Å². The highest BCUT2D eigenvalue weighted by molar-refractivity contribution is 5.98. The first kappa shape index (κ1) is 15.0. The Balaban J connectivity index is 1.67. The first-order valence-electron chi connectivity index (χ1n) is 7.41. The summed E-state index contributed by atoms with van der Waals surface area (Å²) < 4.78 is 5.52. The van der Waals surface area contributed by atoms with Crippen LogP contribution in [0.5, 0.6) is 5.75 Å². The monoisotopic (exact) mass is 312 g/mol. The Hall–Kier alpha value is -2.89. The van der Waals surface area contributed by atoms with E-state index in [-0.39, 0.29) is 24.6 Å². The second-order valence-electron chi connectivity index (χ2n) is 5.25. The summed E-state index contributed by atoms with van der Waals surface area (Å²) in [6.07, 6.45) is 0.822. The summed E-state index contributed by atoms with van der Waals surface area (Å²) in [6, 6.07) is 14.2. The number of nitro groups is 1. The van der Waals surface area contributed by atoms with Crippen molar-refractivity contribution in [1.82, 2.24) is 0 Å². The third-order valence-electron chi connectivity index (χ3n) is 3.80. The summed E-state index contributed by atoms with van der Waals surface area (Å²) in [5, 5.41) is 11.2. The SMILES string of the molecule is O=C(CCOc1ccccc1)N1CCc2cccc([N+](=O)[O-])c21. The van der Waals surface area contributed by atoms with Gasteiger partial charge in [-0.15, -0.1) is 0 Å². The molecule has 0 atom stereocenters. The van der Waals surface area contributed by atoms with Gasteiger partial charge in [-0.25, -0.2) is 0 Å². The summed E-state index contributed by atoms with van der Waals surface area (Å²) in [5.74, 6) is 0.544. The highest BCUT2D eigenvalue weighted by Gasteiger charge is 2.31. The minimum absolute atomic E-state index is 0.0164. The lowest BCUT2D eigenvalue weighted by Crippen LogP contribution is -2.30. The van der Waals surface area contributed by atoms with Crippen molar-refractivity contribution in [3.05, 3.63) is 64.2 Å². The maximum absolute atomic E-state index is 12.4. The topological polar surface area (TPSA) is 72.7 Å². The van der Waals surface area contributed by atoms with Crippen LogP contribution in [0.15, 0.2) is 48.5 Å². The van der Waals surface area contributed by atoms with Gasteiger partial charge in [0, 0.05) is 12.6 Å². The van der Waals surface area contributed by atoms with Gasteiger partial charge in [0.2, 0.25) is 5.91 Å². The van der Waals surface area contributed by atoms with Crippen LogP contribution < -0.4 is 9.64 Å². The Morgan fingerprint density at radius 1 is 1.17 bits per heavy atom. The number of fused-ring (bicyclic) bond motifs is 1. The molecule has 2 aromatic rings. The fraction of sp³-hybridized carbons (Fsp3) is 0.235. The zero-order valence-electron chi connectivity index (χ0n) is 12.5. The summed E-state index contributed by atoms with van der Waals surface area (Å²) in [6.45, 7) is 0.722. The fourth-order valence-corrected chi connectivity index (χ4v) is 2.74. The van der Waals surface area contributed by atoms with Gasteiger partial charge in [0.25, 0.3) is 5.69 Å². The number of anilines is 1. The number of hydrogen-bond donors (Lipinski definition) is 0. The van der Waals surface area contributed by atoms with Gasteiger partial charge >= 0.3 is 0 Å². The molecule has 3 rings (SSSR count). The van der Waals surface area contributed by atoms with Crippen molar-refractivity contribution < 1.29 is 14.5 Å². The first-order valence-corrected chi connectivity index (χ1v) is 7.41. The van der Waals surface area contributed by atoms with E-state index in [0.29, 0.717) is 24.4 Å². The quantitative estimate of drug-likeness (QED) is 0.628. The Bertz CT molecular complexity index is 731. The number of rotatable bonds is 5. The van der Waals surface area contributed by atoms with E-state index < -0.39 is 4.92 Å². The second kappa shape index (κ2) is 6.48. The molecule has 23 heavy (non-hydrogen) atoms. The van der Waals surface area contributed by atoms with E-state index in [1.165, 1.54) is 11.0 Å². The third kappa shape index (κ3) is 3.15. The average Bonchev–Trinajstić information content (AvgIpc) is 2.99. The summed E-state index contributed by atoms with van der Waals surface area (Å²) in [5.41, 5.74) is 1.26. The molecule has 118 valence electrons. The van der Waals surface area contributed by atoms with Gasteiger partial charge in [-0.05, 0) is 24.1 Å². The van der Waals surface area contributed by atoms with Gasteiger partial charge in [-0.1, -0.05) is 30.3 Å². The van der Waals surface area contributed by atoms with Gasteiger partial charge < -0.3 is 9.64 Å². The molecule has 0 spiro atoms. The number of nitrogens with zero attached hydrogens (tertiary/aromatic N) is 2. The molecule has 0 radical (unpaired) electrons. The number of carbonyl (C=O) groups excluding carboxylic acids is 1. The van der Waals surface area contributed by atoms with E-state index in [2.05, 4.69) is 0 Å². The Morgan fingerprint density at radius 3 is 2.70 bits per heavy atom. The molecule has 6 heteroatoms. The highest BCUT2D eigenvalue weighted by atomic mass is 16.6. The van der Waals surface area contributed by atoms with Crippen molar-refractivity contribution in [2.75, 3.05) is 18.1 Å². The van der Waals surface area contributed by atoms with Gasteiger partial charge in [0.15, 0.2) is 0 Å². The van der Waals surface area contributed by atoms with E-state index in [1.54, 1.807) is 6.07 Å². The Kier molecular flexibility index (Phi) is 4.23. The molecule has 2 aromatic carbocycles. The first-order chi connectivity index (χ1) is 11.2. The molecule has 1 amide bonds. The van der Waals surface area contributed by atoms with E-state index in [9.17, 15) is 14.9 Å². The molecular weight excluding hydrogens is 296 g/mol. The lowest BCUT2D eigenvalue weighted by Gasteiger charge is -2.17. The molecule has 0 N–H and O–H groups in total. The zero-order valence-corrected chi connectivity index (χ0v) is 12.5. The van der Waals surface area contributed by atoms with Crippen molar-refractivity contribution in [2.45, 2.75) is 12.8 Å². The lowest BCUT2D eigenvalue weighted by molar-refractivity contribution is -0.384. The Morgan fingerprint density at radius 2 is 1.96 bits per heavy atom. The fourth-order valence-electron chi connectivity index (χ4n) is 2.74. The number of carbonyl (C=O) groups is 1. The second-order valence-corrected chi connectivity index (χ2v) is 5.25. The van der Waals surface area contributed by atoms with E-state index in [1.807, 2.05) is 36.4 Å². The van der Waals surface area contributed by atoms with Gasteiger partial charge in [0.05, 0.1) is 18.0 Å². The largest absolute Gasteiger partial charge is 0.493 e. The molecule has 1 aliphatic heterocycles. The maximum atomic E-state index is 12.4. The number of nitro benzene ring substituents is 1. The van der Waals surface area contributed by atoms with E-state index in [4.69, 9.17) is 4.74 Å². The van der Waals surface area contributed by atoms with E-state index in [0.717, 1.165) is 5.56 Å². The maximum Gasteiger partial charge on any atom is 0.293 e. The molecule has 0 aromatic heterocycles. The van der Waals surface area contributed by atoms with Crippen molar-refractivity contribution in [2.24, 2.45) is 0 Å². The van der Waals surface area contributed by atoms with Crippen LogP contribution in [0.25, 0.3) is 0 Å². The molecule has 1 aliphatic rings. The van der Waals surface area contributed by atoms with Crippen molar-refractivity contribution in [3.63, 3.8) is 0 Å². The number of benzene rings is 2.